The van der Waals surface area contributed by atoms with Gasteiger partial charge in [-0.3, -0.25) is 4.79 Å². The van der Waals surface area contributed by atoms with Gasteiger partial charge in [0.1, 0.15) is 12.4 Å². The van der Waals surface area contributed by atoms with Crippen LogP contribution in [-0.2, 0) is 11.2 Å². The number of aryl methyl sites for hydroxylation is 1. The summed E-state index contributed by atoms with van der Waals surface area (Å²) in [5.41, 5.74) is 1.05. The molecule has 0 aliphatic rings. The van der Waals surface area contributed by atoms with E-state index in [0.29, 0.717) is 19.6 Å². The van der Waals surface area contributed by atoms with Crippen LogP contribution in [0.25, 0.3) is 10.2 Å². The number of likely N-dealkylation sites (N-methyl/N-ethyl adjacent to an activating group) is 1. The van der Waals surface area contributed by atoms with Crippen molar-refractivity contribution in [2.24, 2.45) is 0 Å². The number of nitrogens with zero attached hydrogens (tertiary/aromatic N) is 2. The van der Waals surface area contributed by atoms with E-state index in [1.54, 1.807) is 16.2 Å². The zero-order valence-electron chi connectivity index (χ0n) is 14.4. The molecule has 0 unspecified atom stereocenters. The first-order valence-corrected chi connectivity index (χ1v) is 9.30. The average Bonchev–Trinajstić information content (AvgIpc) is 3.05. The second kappa shape index (κ2) is 8.62. The number of thiazole rings is 1. The highest BCUT2D eigenvalue weighted by Crippen LogP contribution is 2.22. The van der Waals surface area contributed by atoms with Gasteiger partial charge in [-0.1, -0.05) is 30.3 Å². The number of fused-ring (bicyclic) bond motifs is 1. The topological polar surface area (TPSA) is 42.4 Å². The van der Waals surface area contributed by atoms with Crippen molar-refractivity contribution in [1.29, 1.82) is 0 Å². The van der Waals surface area contributed by atoms with Crippen molar-refractivity contribution in [3.8, 4) is 5.75 Å². The molecule has 0 N–H and O–H groups in total. The third-order valence-corrected chi connectivity index (χ3v) is 5.08. The van der Waals surface area contributed by atoms with E-state index in [1.807, 2.05) is 55.6 Å². The lowest BCUT2D eigenvalue weighted by Crippen LogP contribution is -2.30. The fourth-order valence-corrected chi connectivity index (χ4v) is 3.56. The number of benzene rings is 2. The van der Waals surface area contributed by atoms with Gasteiger partial charge in [0, 0.05) is 13.5 Å². The Kier molecular flexibility index (Phi) is 6.01. The molecule has 1 aromatic heterocycles. The van der Waals surface area contributed by atoms with Gasteiger partial charge in [0.25, 0.3) is 0 Å². The van der Waals surface area contributed by atoms with E-state index >= 15 is 0 Å². The Morgan fingerprint density at radius 2 is 1.88 bits per heavy atom. The molecule has 2 aromatic carbocycles. The molecule has 3 aromatic rings. The Balaban J connectivity index is 1.38. The molecule has 130 valence electrons. The molecule has 3 rings (SSSR count). The van der Waals surface area contributed by atoms with Gasteiger partial charge in [-0.25, -0.2) is 4.98 Å². The van der Waals surface area contributed by atoms with Crippen molar-refractivity contribution in [3.63, 3.8) is 0 Å². The summed E-state index contributed by atoms with van der Waals surface area (Å²) in [5.74, 6) is 0.983. The maximum Gasteiger partial charge on any atom is 0.222 e. The Morgan fingerprint density at radius 1 is 1.12 bits per heavy atom. The number of carbonyl (C=O) groups is 1. The van der Waals surface area contributed by atoms with Crippen LogP contribution in [0.15, 0.2) is 54.6 Å². The van der Waals surface area contributed by atoms with Gasteiger partial charge in [0.05, 0.1) is 21.8 Å². The second-order valence-electron chi connectivity index (χ2n) is 5.91. The molecule has 0 spiro atoms. The van der Waals surface area contributed by atoms with Gasteiger partial charge in [0.2, 0.25) is 5.91 Å². The summed E-state index contributed by atoms with van der Waals surface area (Å²) < 4.78 is 6.84. The van der Waals surface area contributed by atoms with Crippen LogP contribution >= 0.6 is 11.3 Å². The minimum Gasteiger partial charge on any atom is -0.492 e. The Morgan fingerprint density at radius 3 is 2.68 bits per heavy atom. The summed E-state index contributed by atoms with van der Waals surface area (Å²) in [4.78, 5) is 18.5. The van der Waals surface area contributed by atoms with E-state index in [-0.39, 0.29) is 5.91 Å². The van der Waals surface area contributed by atoms with E-state index in [1.165, 1.54) is 4.70 Å². The van der Waals surface area contributed by atoms with Crippen molar-refractivity contribution in [2.75, 3.05) is 20.2 Å². The average molecular weight is 354 g/mol. The number of aromatic nitrogens is 1. The molecule has 0 aliphatic heterocycles. The van der Waals surface area contributed by atoms with Crippen molar-refractivity contribution in [1.82, 2.24) is 9.88 Å². The van der Waals surface area contributed by atoms with Gasteiger partial charge in [-0.15, -0.1) is 11.3 Å². The van der Waals surface area contributed by atoms with Crippen LogP contribution in [0.2, 0.25) is 0 Å². The molecule has 1 amide bonds. The predicted molar refractivity (Wildman–Crippen MR) is 102 cm³/mol. The molecule has 25 heavy (non-hydrogen) atoms. The smallest absolute Gasteiger partial charge is 0.222 e. The lowest BCUT2D eigenvalue weighted by molar-refractivity contribution is -0.130. The molecule has 1 heterocycles. The number of para-hydroxylation sites is 2. The highest BCUT2D eigenvalue weighted by atomic mass is 32.1. The van der Waals surface area contributed by atoms with Gasteiger partial charge in [0.15, 0.2) is 0 Å². The first-order chi connectivity index (χ1) is 12.2. The van der Waals surface area contributed by atoms with Gasteiger partial charge in [-0.2, -0.15) is 0 Å². The third-order valence-electron chi connectivity index (χ3n) is 3.98. The van der Waals surface area contributed by atoms with Crippen LogP contribution in [0, 0.1) is 0 Å². The van der Waals surface area contributed by atoms with E-state index in [4.69, 9.17) is 4.74 Å². The fraction of sp³-hybridized carbons (Fsp3) is 0.300. The number of rotatable bonds is 8. The first-order valence-electron chi connectivity index (χ1n) is 8.48. The quantitative estimate of drug-likeness (QED) is 0.610. The minimum absolute atomic E-state index is 0.151. The van der Waals surface area contributed by atoms with Crippen LogP contribution in [0.3, 0.4) is 0 Å². The summed E-state index contributed by atoms with van der Waals surface area (Å²) in [6.07, 6.45) is 2.21. The molecule has 5 heteroatoms. The number of ether oxygens (including phenoxy) is 1. The van der Waals surface area contributed by atoms with E-state index in [0.717, 1.165) is 29.1 Å². The van der Waals surface area contributed by atoms with Crippen LogP contribution in [0.4, 0.5) is 0 Å². The molecule has 0 saturated carbocycles. The maximum atomic E-state index is 12.2. The van der Waals surface area contributed by atoms with Crippen molar-refractivity contribution < 1.29 is 9.53 Å². The molecule has 0 saturated heterocycles. The van der Waals surface area contributed by atoms with E-state index < -0.39 is 0 Å². The predicted octanol–water partition coefficient (Wildman–Crippen LogP) is 4.16. The molecule has 0 bridgehead atoms. The molecule has 4 nitrogen and oxygen atoms in total. The molecular formula is C20H22N2O2S. The SMILES string of the molecule is CN(CCOc1ccccc1)C(=O)CCCc1nc2ccccc2s1. The highest BCUT2D eigenvalue weighted by Gasteiger charge is 2.10. The van der Waals surface area contributed by atoms with Gasteiger partial charge in [-0.05, 0) is 37.1 Å². The van der Waals surface area contributed by atoms with E-state index in [9.17, 15) is 4.79 Å². The van der Waals surface area contributed by atoms with Crippen LogP contribution in [0.5, 0.6) is 5.75 Å². The largest absolute Gasteiger partial charge is 0.492 e. The normalized spacial score (nSPS) is 10.8. The molecule has 0 fully saturated rings. The molecule has 0 radical (unpaired) electrons. The summed E-state index contributed by atoms with van der Waals surface area (Å²) in [5, 5.41) is 1.10. The summed E-state index contributed by atoms with van der Waals surface area (Å²) in [7, 11) is 1.83. The number of hydrogen-bond acceptors (Lipinski definition) is 4. The Bertz CT molecular complexity index is 784. The number of hydrogen-bond donors (Lipinski definition) is 0. The minimum atomic E-state index is 0.151. The monoisotopic (exact) mass is 354 g/mol. The molecular weight excluding hydrogens is 332 g/mol. The van der Waals surface area contributed by atoms with E-state index in [2.05, 4.69) is 11.1 Å². The second-order valence-corrected chi connectivity index (χ2v) is 7.02. The summed E-state index contributed by atoms with van der Waals surface area (Å²) in [6, 6.07) is 17.8. The lowest BCUT2D eigenvalue weighted by Gasteiger charge is -2.17. The fourth-order valence-electron chi connectivity index (χ4n) is 2.55. The first kappa shape index (κ1) is 17.4. The van der Waals surface area contributed by atoms with Gasteiger partial charge < -0.3 is 9.64 Å². The third kappa shape index (κ3) is 5.03. The Labute approximate surface area is 152 Å². The standard InChI is InChI=1S/C20H22N2O2S/c1-22(14-15-24-16-8-3-2-4-9-16)20(23)13-7-12-19-21-17-10-5-6-11-18(17)25-19/h2-6,8-11H,7,12-15H2,1H3. The lowest BCUT2D eigenvalue weighted by atomic mass is 10.2. The van der Waals surface area contributed by atoms with Crippen molar-refractivity contribution in [2.45, 2.75) is 19.3 Å². The van der Waals surface area contributed by atoms with Crippen LogP contribution < -0.4 is 4.74 Å². The van der Waals surface area contributed by atoms with Crippen molar-refractivity contribution in [3.05, 3.63) is 59.6 Å². The highest BCUT2D eigenvalue weighted by molar-refractivity contribution is 7.18. The summed E-state index contributed by atoms with van der Waals surface area (Å²) in [6.45, 7) is 1.10. The zero-order valence-corrected chi connectivity index (χ0v) is 15.2. The number of carbonyl (C=O) groups excluding carboxylic acids is 1. The summed E-state index contributed by atoms with van der Waals surface area (Å²) >= 11 is 1.71. The zero-order chi connectivity index (χ0) is 17.5. The molecule has 0 aliphatic carbocycles. The van der Waals surface area contributed by atoms with Gasteiger partial charge >= 0.3 is 0 Å². The number of amides is 1. The van der Waals surface area contributed by atoms with Crippen LogP contribution in [-0.4, -0.2) is 36.0 Å². The van der Waals surface area contributed by atoms with Crippen molar-refractivity contribution >= 4 is 27.5 Å². The maximum absolute atomic E-state index is 12.2. The van der Waals surface area contributed by atoms with Crippen LogP contribution in [0.1, 0.15) is 17.8 Å². The molecule has 0 atom stereocenters. The Hall–Kier alpha value is -2.40.